The summed E-state index contributed by atoms with van der Waals surface area (Å²) in [4.78, 5) is 77.6. The fourth-order valence-corrected chi connectivity index (χ4v) is 7.02. The van der Waals surface area contributed by atoms with Crippen molar-refractivity contribution in [1.29, 1.82) is 0 Å². The molecule has 19 heteroatoms. The highest BCUT2D eigenvalue weighted by Gasteiger charge is 2.38. The summed E-state index contributed by atoms with van der Waals surface area (Å²) in [6.45, 7) is 11.8. The molecular weight excluding hydrogens is 833 g/mol. The number of nitrogens with one attached hydrogen (secondary N) is 5. The predicted molar refractivity (Wildman–Crippen MR) is 237 cm³/mol. The van der Waals surface area contributed by atoms with E-state index in [2.05, 4.69) is 33.2 Å². The lowest BCUT2D eigenvalue weighted by molar-refractivity contribution is -0.140. The van der Waals surface area contributed by atoms with Gasteiger partial charge in [0.05, 0.1) is 19.1 Å². The van der Waals surface area contributed by atoms with E-state index in [0.717, 1.165) is 23.8 Å². The summed E-state index contributed by atoms with van der Waals surface area (Å²) in [5, 5.41) is 33.0. The van der Waals surface area contributed by atoms with Crippen LogP contribution in [-0.2, 0) is 35.3 Å². The number of carboxylic acids is 1. The molecule has 5 amide bonds. The summed E-state index contributed by atoms with van der Waals surface area (Å²) in [6.07, 6.45) is 1.36. The Balaban J connectivity index is 1.97. The summed E-state index contributed by atoms with van der Waals surface area (Å²) in [5.74, 6) is -5.61. The van der Waals surface area contributed by atoms with Crippen LogP contribution in [-0.4, -0.2) is 113 Å². The smallest absolute Gasteiger partial charge is 0.320 e. The van der Waals surface area contributed by atoms with Crippen molar-refractivity contribution in [2.75, 3.05) is 39.3 Å². The van der Waals surface area contributed by atoms with Gasteiger partial charge in [-0.1, -0.05) is 71.5 Å². The van der Waals surface area contributed by atoms with Gasteiger partial charge >= 0.3 is 5.97 Å². The molecule has 1 heterocycles. The van der Waals surface area contributed by atoms with Gasteiger partial charge in [0.2, 0.25) is 29.5 Å². The average Bonchev–Trinajstić information content (AvgIpc) is 3.65. The third kappa shape index (κ3) is 15.9. The van der Waals surface area contributed by atoms with Crippen molar-refractivity contribution < 1.29 is 47.8 Å². The number of rotatable bonds is 25. The number of aliphatic carboxylic acids is 1. The molecular formula is C45H63F2N9O8. The number of hydrogen-bond donors (Lipinski definition) is 9. The van der Waals surface area contributed by atoms with Gasteiger partial charge in [-0.2, -0.15) is 0 Å². The van der Waals surface area contributed by atoms with Crippen molar-refractivity contribution in [1.82, 2.24) is 36.1 Å². The molecule has 4 atom stereocenters. The molecule has 0 saturated heterocycles. The van der Waals surface area contributed by atoms with Crippen molar-refractivity contribution >= 4 is 35.5 Å². The Labute approximate surface area is 372 Å². The van der Waals surface area contributed by atoms with Crippen LogP contribution < -0.4 is 38.1 Å². The highest BCUT2D eigenvalue weighted by Crippen LogP contribution is 2.41. The van der Waals surface area contributed by atoms with Crippen LogP contribution in [0.5, 0.6) is 0 Å². The molecule has 0 aliphatic heterocycles. The van der Waals surface area contributed by atoms with Crippen molar-refractivity contribution in [2.45, 2.75) is 84.6 Å². The average molecular weight is 896 g/mol. The number of halogens is 2. The van der Waals surface area contributed by atoms with Crippen molar-refractivity contribution in [3.05, 3.63) is 96.0 Å². The molecule has 3 aromatic rings. The Hall–Kier alpha value is -6.18. The van der Waals surface area contributed by atoms with E-state index in [0.29, 0.717) is 11.3 Å². The number of carbonyl (C=O) groups is 6. The molecule has 0 spiro atoms. The molecule has 11 N–H and O–H groups in total. The maximum atomic E-state index is 15.3. The van der Waals surface area contributed by atoms with E-state index in [1.54, 1.807) is 26.1 Å². The Morgan fingerprint density at radius 1 is 0.891 bits per heavy atom. The minimum atomic E-state index is -1.24. The second-order valence-corrected chi connectivity index (χ2v) is 16.8. The molecule has 0 saturated carbocycles. The molecule has 2 unspecified atom stereocenters. The number of nitrogens with two attached hydrogens (primary N) is 2. The van der Waals surface area contributed by atoms with Gasteiger partial charge in [-0.3, -0.25) is 28.8 Å². The van der Waals surface area contributed by atoms with E-state index in [4.69, 9.17) is 16.6 Å². The lowest BCUT2D eigenvalue weighted by Crippen LogP contribution is -2.53. The molecule has 1 aromatic heterocycles. The molecule has 0 fully saturated rings. The molecule has 0 radical (unpaired) electrons. The monoisotopic (exact) mass is 895 g/mol. The Morgan fingerprint density at radius 2 is 1.56 bits per heavy atom. The first-order valence-corrected chi connectivity index (χ1v) is 21.0. The first-order valence-electron chi connectivity index (χ1n) is 21.0. The van der Waals surface area contributed by atoms with Gasteiger partial charge in [0.1, 0.15) is 36.4 Å². The van der Waals surface area contributed by atoms with E-state index in [-0.39, 0.29) is 75.7 Å². The van der Waals surface area contributed by atoms with Crippen LogP contribution in [0.15, 0.2) is 73.1 Å². The van der Waals surface area contributed by atoms with Crippen LogP contribution in [0.2, 0.25) is 0 Å². The number of aliphatic hydroxyl groups is 1. The van der Waals surface area contributed by atoms with E-state index < -0.39 is 83.3 Å². The van der Waals surface area contributed by atoms with Crippen molar-refractivity contribution in [3.8, 4) is 11.1 Å². The van der Waals surface area contributed by atoms with Gasteiger partial charge in [0.15, 0.2) is 0 Å². The molecule has 0 aliphatic carbocycles. The number of carboxylic acid groups (broad SMARTS) is 1. The zero-order valence-corrected chi connectivity index (χ0v) is 37.1. The highest BCUT2D eigenvalue weighted by atomic mass is 19.1. The minimum absolute atomic E-state index is 0.00814. The van der Waals surface area contributed by atoms with Crippen molar-refractivity contribution in [3.63, 3.8) is 0 Å². The summed E-state index contributed by atoms with van der Waals surface area (Å²) in [7, 11) is 0. The van der Waals surface area contributed by atoms with E-state index in [9.17, 15) is 38.3 Å². The topological polar surface area (TPSA) is 263 Å². The first-order chi connectivity index (χ1) is 30.2. The SMILES string of the molecule is C=C(CNC(=O)[C@@H](NC(=O)CN)C(C)C)NC(CCN(C(=O)CO)C(c1cc(-c2cc(F)ccc2F)cn1Cc1ccccc1)C(C)(C)C)C(=O)NCCNC(=O)CC[C@H](N)C(=O)O. The Bertz CT molecular complexity index is 2090. The number of carbonyl (C=O) groups excluding carboxylic acids is 5. The number of aromatic nitrogens is 1. The highest BCUT2D eigenvalue weighted by molar-refractivity contribution is 5.88. The maximum Gasteiger partial charge on any atom is 0.320 e. The van der Waals surface area contributed by atoms with Crippen LogP contribution in [0.3, 0.4) is 0 Å². The Morgan fingerprint density at radius 3 is 2.17 bits per heavy atom. The van der Waals surface area contributed by atoms with Crippen LogP contribution in [0, 0.1) is 23.0 Å². The minimum Gasteiger partial charge on any atom is -0.480 e. The van der Waals surface area contributed by atoms with Gasteiger partial charge in [-0.05, 0) is 54.0 Å². The summed E-state index contributed by atoms with van der Waals surface area (Å²) in [6, 6.07) is 10.2. The zero-order valence-electron chi connectivity index (χ0n) is 37.1. The molecule has 64 heavy (non-hydrogen) atoms. The molecule has 2 aromatic carbocycles. The Kier molecular flexibility index (Phi) is 20.1. The lowest BCUT2D eigenvalue weighted by atomic mass is 9.82. The normalized spacial score (nSPS) is 13.2. The maximum absolute atomic E-state index is 15.3. The third-order valence-electron chi connectivity index (χ3n) is 10.3. The number of hydrogen-bond acceptors (Lipinski definition) is 10. The predicted octanol–water partition coefficient (Wildman–Crippen LogP) is 1.89. The summed E-state index contributed by atoms with van der Waals surface area (Å²) in [5.41, 5.74) is 12.1. The van der Waals surface area contributed by atoms with E-state index >= 15 is 4.39 Å². The molecule has 0 bridgehead atoms. The zero-order chi connectivity index (χ0) is 47.7. The summed E-state index contributed by atoms with van der Waals surface area (Å²) < 4.78 is 31.6. The number of benzene rings is 2. The lowest BCUT2D eigenvalue weighted by Gasteiger charge is -2.41. The van der Waals surface area contributed by atoms with Gasteiger partial charge < -0.3 is 57.7 Å². The van der Waals surface area contributed by atoms with Gasteiger partial charge in [-0.25, -0.2) is 8.78 Å². The molecule has 0 aliphatic rings. The quantitative estimate of drug-likeness (QED) is 0.0555. The summed E-state index contributed by atoms with van der Waals surface area (Å²) >= 11 is 0. The molecule has 17 nitrogen and oxygen atoms in total. The van der Waals surface area contributed by atoms with Crippen LogP contribution in [0.4, 0.5) is 8.78 Å². The van der Waals surface area contributed by atoms with Crippen LogP contribution in [0.1, 0.15) is 71.2 Å². The first kappa shape index (κ1) is 52.2. The van der Waals surface area contributed by atoms with Crippen LogP contribution in [0.25, 0.3) is 11.1 Å². The van der Waals surface area contributed by atoms with Crippen LogP contribution >= 0.6 is 0 Å². The van der Waals surface area contributed by atoms with Gasteiger partial charge in [0, 0.05) is 61.3 Å². The standard InChI is InChI=1S/C45H63F2N9O8/c1-27(2)40(54-38(59)22-48)43(62)52-23-28(3)53-35(42(61)51-18-17-50-37(58)15-14-34(49)44(63)64)16-19-56(39(60)26-57)41(45(4,5)6)36-20-30(32-21-31(46)12-13-33(32)47)25-55(36)24-29-10-8-7-9-11-29/h7-13,20-21,25,27,34-35,40-41,53,57H,3,14-19,22-24,26,48-49H2,1-2,4-6H3,(H,50,58)(H,51,61)(H,52,62)(H,54,59)(H,63,64)/t34-,35?,40-,41?/m0/s1. The number of aliphatic hydroxyl groups excluding tert-OH is 1. The van der Waals surface area contributed by atoms with E-state index in [1.807, 2.05) is 55.7 Å². The number of amides is 5. The van der Waals surface area contributed by atoms with Gasteiger partial charge in [-0.15, -0.1) is 0 Å². The van der Waals surface area contributed by atoms with Crippen molar-refractivity contribution in [2.24, 2.45) is 22.8 Å². The largest absolute Gasteiger partial charge is 0.480 e. The third-order valence-corrected chi connectivity index (χ3v) is 10.3. The fraction of sp³-hybridized carbons (Fsp3) is 0.467. The van der Waals surface area contributed by atoms with Gasteiger partial charge in [0.25, 0.3) is 0 Å². The van der Waals surface area contributed by atoms with E-state index in [1.165, 1.54) is 4.90 Å². The number of nitrogens with zero attached hydrogens (tertiary/aromatic N) is 2. The molecule has 3 rings (SSSR count). The second-order valence-electron chi connectivity index (χ2n) is 16.8. The fourth-order valence-electron chi connectivity index (χ4n) is 7.02. The second kappa shape index (κ2) is 24.6. The molecule has 350 valence electrons.